The highest BCUT2D eigenvalue weighted by molar-refractivity contribution is 5.86. The molecule has 4 atom stereocenters. The number of aliphatic carboxylic acids is 1. The van der Waals surface area contributed by atoms with Crippen molar-refractivity contribution in [2.75, 3.05) is 13.2 Å². The maximum atomic E-state index is 12.7. The number of hydrogen-bond acceptors (Lipinski definition) is 4. The van der Waals surface area contributed by atoms with Crippen LogP contribution >= 0.6 is 0 Å². The number of fused-ring (bicyclic) bond motifs is 3. The molecule has 0 heterocycles. The van der Waals surface area contributed by atoms with Gasteiger partial charge in [-0.2, -0.15) is 0 Å². The Morgan fingerprint density at radius 1 is 1.06 bits per heavy atom. The lowest BCUT2D eigenvalue weighted by Gasteiger charge is -2.24. The lowest BCUT2D eigenvalue weighted by Crippen LogP contribution is -2.50. The first kappa shape index (κ1) is 22.8. The van der Waals surface area contributed by atoms with Gasteiger partial charge in [0.05, 0.1) is 5.92 Å². The molecule has 7 heteroatoms. The topological polar surface area (TPSA) is 105 Å². The van der Waals surface area contributed by atoms with E-state index in [0.717, 1.165) is 22.3 Å². The van der Waals surface area contributed by atoms with Gasteiger partial charge in [0.1, 0.15) is 12.6 Å². The highest BCUT2D eigenvalue weighted by Crippen LogP contribution is 2.44. The van der Waals surface area contributed by atoms with Gasteiger partial charge in [-0.05, 0) is 40.5 Å². The molecule has 2 aliphatic carbocycles. The van der Waals surface area contributed by atoms with Gasteiger partial charge in [-0.25, -0.2) is 4.79 Å². The third-order valence-electron chi connectivity index (χ3n) is 6.89. The first-order chi connectivity index (χ1) is 15.9. The minimum absolute atomic E-state index is 0.0431. The molecule has 0 saturated heterocycles. The molecule has 2 aliphatic rings. The molecule has 2 aromatic carbocycles. The van der Waals surface area contributed by atoms with Crippen LogP contribution in [0.1, 0.15) is 43.7 Å². The molecule has 1 saturated carbocycles. The Bertz CT molecular complexity index is 1010. The summed E-state index contributed by atoms with van der Waals surface area (Å²) in [5, 5.41) is 14.6. The third kappa shape index (κ3) is 4.87. The zero-order chi connectivity index (χ0) is 23.5. The maximum absolute atomic E-state index is 12.7. The van der Waals surface area contributed by atoms with E-state index >= 15 is 0 Å². The summed E-state index contributed by atoms with van der Waals surface area (Å²) in [7, 11) is 0. The molecule has 4 rings (SSSR count). The van der Waals surface area contributed by atoms with Gasteiger partial charge in [0.15, 0.2) is 0 Å². The van der Waals surface area contributed by atoms with Crippen LogP contribution in [0.4, 0.5) is 4.79 Å². The first-order valence-corrected chi connectivity index (χ1v) is 11.5. The number of carboxylic acid groups (broad SMARTS) is 1. The summed E-state index contributed by atoms with van der Waals surface area (Å²) in [4.78, 5) is 36.4. The van der Waals surface area contributed by atoms with E-state index in [2.05, 4.69) is 34.9 Å². The summed E-state index contributed by atoms with van der Waals surface area (Å²) in [5.41, 5.74) is 4.55. The van der Waals surface area contributed by atoms with Crippen LogP contribution in [-0.4, -0.2) is 42.3 Å². The molecule has 3 N–H and O–H groups in total. The van der Waals surface area contributed by atoms with E-state index in [1.807, 2.05) is 38.1 Å². The number of hydrogen-bond donors (Lipinski definition) is 3. The Morgan fingerprint density at radius 2 is 1.67 bits per heavy atom. The number of carboxylic acids is 1. The molecule has 174 valence electrons. The van der Waals surface area contributed by atoms with Crippen molar-refractivity contribution in [2.45, 2.75) is 38.6 Å². The fraction of sp³-hybridized carbons (Fsp3) is 0.423. The number of amides is 2. The predicted octanol–water partition coefficient (Wildman–Crippen LogP) is 3.78. The summed E-state index contributed by atoms with van der Waals surface area (Å²) < 4.78 is 5.59. The monoisotopic (exact) mass is 450 g/mol. The number of carbonyl (C=O) groups excluding carboxylic acids is 2. The van der Waals surface area contributed by atoms with Crippen molar-refractivity contribution >= 4 is 18.0 Å². The highest BCUT2D eigenvalue weighted by atomic mass is 16.5. The number of benzene rings is 2. The molecule has 2 aromatic rings. The average molecular weight is 451 g/mol. The second-order valence-electron chi connectivity index (χ2n) is 9.02. The van der Waals surface area contributed by atoms with Crippen LogP contribution in [0.2, 0.25) is 0 Å². The van der Waals surface area contributed by atoms with Crippen molar-refractivity contribution in [1.29, 1.82) is 0 Å². The summed E-state index contributed by atoms with van der Waals surface area (Å²) in [6.45, 7) is 4.32. The van der Waals surface area contributed by atoms with Gasteiger partial charge in [-0.3, -0.25) is 9.59 Å². The van der Waals surface area contributed by atoms with Crippen molar-refractivity contribution in [1.82, 2.24) is 10.6 Å². The summed E-state index contributed by atoms with van der Waals surface area (Å²) >= 11 is 0. The van der Waals surface area contributed by atoms with Crippen molar-refractivity contribution in [3.8, 4) is 11.1 Å². The smallest absolute Gasteiger partial charge is 0.407 e. The average Bonchev–Trinajstić information content (AvgIpc) is 3.55. The zero-order valence-electron chi connectivity index (χ0n) is 18.9. The molecule has 4 unspecified atom stereocenters. The SMILES string of the molecule is CCC(C)C(NC(=O)OCC1c2ccccc2-c2ccccc21)C(=O)NCC1CC1C(=O)O. The van der Waals surface area contributed by atoms with Crippen LogP contribution in [0.25, 0.3) is 11.1 Å². The minimum Gasteiger partial charge on any atom is -0.481 e. The molecule has 0 bridgehead atoms. The zero-order valence-corrected chi connectivity index (χ0v) is 18.9. The molecular weight excluding hydrogens is 420 g/mol. The highest BCUT2D eigenvalue weighted by Gasteiger charge is 2.43. The number of rotatable bonds is 9. The van der Waals surface area contributed by atoms with E-state index in [1.54, 1.807) is 0 Å². The Balaban J connectivity index is 1.36. The van der Waals surface area contributed by atoms with Gasteiger partial charge in [0.2, 0.25) is 5.91 Å². The van der Waals surface area contributed by atoms with Crippen LogP contribution in [0.3, 0.4) is 0 Å². The van der Waals surface area contributed by atoms with Crippen LogP contribution in [0, 0.1) is 17.8 Å². The van der Waals surface area contributed by atoms with Gasteiger partial charge < -0.3 is 20.5 Å². The molecule has 0 spiro atoms. The number of nitrogens with one attached hydrogen (secondary N) is 2. The van der Waals surface area contributed by atoms with E-state index in [0.29, 0.717) is 19.4 Å². The lowest BCUT2D eigenvalue weighted by molar-refractivity contribution is -0.139. The van der Waals surface area contributed by atoms with Gasteiger partial charge >= 0.3 is 12.1 Å². The summed E-state index contributed by atoms with van der Waals surface area (Å²) in [6.07, 6.45) is 0.638. The molecule has 2 amide bonds. The number of ether oxygens (including phenoxy) is 1. The minimum atomic E-state index is -0.829. The molecule has 0 aromatic heterocycles. The molecule has 1 fully saturated rings. The lowest BCUT2D eigenvalue weighted by atomic mass is 9.98. The predicted molar refractivity (Wildman–Crippen MR) is 124 cm³/mol. The number of carbonyl (C=O) groups is 3. The van der Waals surface area contributed by atoms with Crippen molar-refractivity contribution in [3.63, 3.8) is 0 Å². The standard InChI is InChI=1S/C26H30N2O5/c1-3-15(2)23(24(29)27-13-16-12-21(16)25(30)31)28-26(32)33-14-22-19-10-6-4-8-17(19)18-9-5-7-11-20(18)22/h4-11,15-16,21-23H,3,12-14H2,1-2H3,(H,27,29)(H,28,32)(H,30,31). The Morgan fingerprint density at radius 3 is 2.21 bits per heavy atom. The van der Waals surface area contributed by atoms with E-state index < -0.39 is 18.1 Å². The molecule has 0 aliphatic heterocycles. The molecular formula is C26H30N2O5. The van der Waals surface area contributed by atoms with Crippen LogP contribution in [0.15, 0.2) is 48.5 Å². The van der Waals surface area contributed by atoms with E-state index in [4.69, 9.17) is 9.84 Å². The fourth-order valence-corrected chi connectivity index (χ4v) is 4.59. The van der Waals surface area contributed by atoms with Crippen LogP contribution < -0.4 is 10.6 Å². The van der Waals surface area contributed by atoms with Gasteiger partial charge in [0, 0.05) is 12.5 Å². The third-order valence-corrected chi connectivity index (χ3v) is 6.89. The number of alkyl carbamates (subject to hydrolysis) is 1. The van der Waals surface area contributed by atoms with E-state index in [9.17, 15) is 14.4 Å². The van der Waals surface area contributed by atoms with Crippen LogP contribution in [0.5, 0.6) is 0 Å². The second-order valence-corrected chi connectivity index (χ2v) is 9.02. The Kier molecular flexibility index (Phi) is 6.67. The molecule has 33 heavy (non-hydrogen) atoms. The normalized spacial score (nSPS) is 20.2. The van der Waals surface area contributed by atoms with Gasteiger partial charge in [-0.15, -0.1) is 0 Å². The Hall–Kier alpha value is -3.35. The molecule has 7 nitrogen and oxygen atoms in total. The first-order valence-electron chi connectivity index (χ1n) is 11.5. The van der Waals surface area contributed by atoms with Crippen molar-refractivity contribution < 1.29 is 24.2 Å². The van der Waals surface area contributed by atoms with Gasteiger partial charge in [-0.1, -0.05) is 68.8 Å². The summed E-state index contributed by atoms with van der Waals surface area (Å²) in [6, 6.07) is 15.5. The van der Waals surface area contributed by atoms with Crippen molar-refractivity contribution in [2.24, 2.45) is 17.8 Å². The van der Waals surface area contributed by atoms with Crippen LogP contribution in [-0.2, 0) is 14.3 Å². The summed E-state index contributed by atoms with van der Waals surface area (Å²) in [5.74, 6) is -1.72. The van der Waals surface area contributed by atoms with Crippen molar-refractivity contribution in [3.05, 3.63) is 59.7 Å². The maximum Gasteiger partial charge on any atom is 0.407 e. The Labute approximate surface area is 193 Å². The van der Waals surface area contributed by atoms with Gasteiger partial charge in [0.25, 0.3) is 0 Å². The second kappa shape index (κ2) is 9.65. The van der Waals surface area contributed by atoms with E-state index in [-0.39, 0.29) is 36.2 Å². The fourth-order valence-electron chi connectivity index (χ4n) is 4.59. The largest absolute Gasteiger partial charge is 0.481 e. The molecule has 0 radical (unpaired) electrons. The quantitative estimate of drug-likeness (QED) is 0.539. The van der Waals surface area contributed by atoms with E-state index in [1.165, 1.54) is 0 Å².